The molecule has 3 N–H and O–H groups in total. The normalized spacial score (nSPS) is 8.31. The number of nitrogens with two attached hydrogens (primary N) is 1. The van der Waals surface area contributed by atoms with Gasteiger partial charge in [-0.3, -0.25) is 0 Å². The van der Waals surface area contributed by atoms with E-state index in [0.29, 0.717) is 0 Å². The van der Waals surface area contributed by atoms with Gasteiger partial charge in [-0.25, -0.2) is 19.2 Å². The average molecular weight is 193 g/mol. The van der Waals surface area contributed by atoms with Gasteiger partial charge < -0.3 is 25.1 Å². The number of amides is 1. The first kappa shape index (κ1) is 10.7. The fourth-order valence-electron chi connectivity index (χ4n) is 0.263. The van der Waals surface area contributed by atoms with E-state index in [9.17, 15) is 19.2 Å². The summed E-state index contributed by atoms with van der Waals surface area (Å²) < 4.78 is 10.3. The van der Waals surface area contributed by atoms with E-state index < -0.39 is 24.6 Å². The van der Waals surface area contributed by atoms with Crippen LogP contribution < -0.4 is 5.73 Å². The predicted molar refractivity (Wildman–Crippen MR) is 31.7 cm³/mol. The molecule has 0 unspecified atom stereocenters. The van der Waals surface area contributed by atoms with Gasteiger partial charge in [0.05, 0.1) is 0 Å². The van der Waals surface area contributed by atoms with Crippen molar-refractivity contribution in [3.63, 3.8) is 0 Å². The molecule has 13 heavy (non-hydrogen) atoms. The highest BCUT2D eigenvalue weighted by Crippen LogP contribution is 1.90. The third-order valence-electron chi connectivity index (χ3n) is 0.521. The van der Waals surface area contributed by atoms with Gasteiger partial charge >= 0.3 is 24.6 Å². The van der Waals surface area contributed by atoms with Crippen LogP contribution in [-0.2, 0) is 14.2 Å². The number of hydrogen-bond acceptors (Lipinski definition) is 7. The van der Waals surface area contributed by atoms with Crippen molar-refractivity contribution < 1.29 is 38.5 Å². The highest BCUT2D eigenvalue weighted by atomic mass is 16.8. The SMILES string of the molecule is NC(=O)OC(=O)OC(=O)OC(=O)O. The molecule has 0 spiro atoms. The lowest BCUT2D eigenvalue weighted by atomic mass is 11.1. The van der Waals surface area contributed by atoms with Crippen LogP contribution in [0.2, 0.25) is 0 Å². The number of ether oxygens (including phenoxy) is 3. The monoisotopic (exact) mass is 193 g/mol. The highest BCUT2D eigenvalue weighted by Gasteiger charge is 2.17. The third kappa shape index (κ3) is 6.09. The minimum atomic E-state index is -1.98. The number of hydrogen-bond donors (Lipinski definition) is 2. The Morgan fingerprint density at radius 1 is 0.923 bits per heavy atom. The van der Waals surface area contributed by atoms with Gasteiger partial charge in [-0.05, 0) is 0 Å². The average Bonchev–Trinajstić information content (AvgIpc) is 1.80. The second-order valence-electron chi connectivity index (χ2n) is 1.39. The van der Waals surface area contributed by atoms with Crippen LogP contribution in [0.15, 0.2) is 0 Å². The molecule has 9 nitrogen and oxygen atoms in total. The largest absolute Gasteiger partial charge is 0.528 e. The summed E-state index contributed by atoms with van der Waals surface area (Å²) in [6, 6.07) is 0. The van der Waals surface area contributed by atoms with Gasteiger partial charge in [0.25, 0.3) is 0 Å². The Bertz CT molecular complexity index is 231. The van der Waals surface area contributed by atoms with E-state index in [0.717, 1.165) is 0 Å². The molecule has 0 rings (SSSR count). The predicted octanol–water partition coefficient (Wildman–Crippen LogP) is 0.0329. The summed E-state index contributed by atoms with van der Waals surface area (Å²) in [6.07, 6.45) is -7.11. The van der Waals surface area contributed by atoms with Crippen LogP contribution in [0, 0.1) is 0 Å². The summed E-state index contributed by atoms with van der Waals surface area (Å²) in [5.74, 6) is 0. The van der Waals surface area contributed by atoms with E-state index in [2.05, 4.69) is 19.9 Å². The maximum Gasteiger partial charge on any atom is 0.528 e. The van der Waals surface area contributed by atoms with Gasteiger partial charge in [0.1, 0.15) is 0 Å². The fourth-order valence-corrected chi connectivity index (χ4v) is 0.263. The fraction of sp³-hybridized carbons (Fsp3) is 0. The molecule has 0 aromatic rings. The van der Waals surface area contributed by atoms with Crippen LogP contribution in [0.5, 0.6) is 0 Å². The Hall–Kier alpha value is -2.32. The zero-order chi connectivity index (χ0) is 10.4. The molecule has 9 heteroatoms. The molecule has 0 saturated carbocycles. The zero-order valence-electron chi connectivity index (χ0n) is 5.88. The summed E-state index contributed by atoms with van der Waals surface area (Å²) in [5, 5.41) is 7.81. The molecule has 1 amide bonds. The van der Waals surface area contributed by atoms with E-state index in [1.54, 1.807) is 0 Å². The first-order valence-electron chi connectivity index (χ1n) is 2.55. The molecule has 0 aliphatic heterocycles. The van der Waals surface area contributed by atoms with Crippen molar-refractivity contribution in [2.45, 2.75) is 0 Å². The third-order valence-corrected chi connectivity index (χ3v) is 0.521. The number of carbonyl (C=O) groups excluding carboxylic acids is 3. The highest BCUT2D eigenvalue weighted by molar-refractivity contribution is 5.87. The summed E-state index contributed by atoms with van der Waals surface area (Å²) in [5.41, 5.74) is 4.34. The molecular weight excluding hydrogens is 190 g/mol. The molecule has 0 atom stereocenters. The van der Waals surface area contributed by atoms with Crippen LogP contribution in [0.1, 0.15) is 0 Å². The van der Waals surface area contributed by atoms with Crippen LogP contribution in [0.4, 0.5) is 19.2 Å². The Kier molecular flexibility index (Phi) is 3.73. The quantitative estimate of drug-likeness (QED) is 0.405. The van der Waals surface area contributed by atoms with E-state index in [4.69, 9.17) is 5.11 Å². The lowest BCUT2D eigenvalue weighted by Crippen LogP contribution is -2.23. The molecule has 72 valence electrons. The van der Waals surface area contributed by atoms with Gasteiger partial charge in [0.15, 0.2) is 0 Å². The topological polar surface area (TPSA) is 142 Å². The summed E-state index contributed by atoms with van der Waals surface area (Å²) in [7, 11) is 0. The molecule has 0 aromatic heterocycles. The maximum atomic E-state index is 10.2. The first-order chi connectivity index (χ1) is 5.91. The number of primary amides is 1. The Morgan fingerprint density at radius 2 is 1.38 bits per heavy atom. The van der Waals surface area contributed by atoms with E-state index in [1.165, 1.54) is 0 Å². The summed E-state index contributed by atoms with van der Waals surface area (Å²) in [6.45, 7) is 0. The first-order valence-corrected chi connectivity index (χ1v) is 2.55. The smallest absolute Gasteiger partial charge is 0.449 e. The van der Waals surface area contributed by atoms with E-state index in [1.807, 2.05) is 0 Å². The van der Waals surface area contributed by atoms with Crippen LogP contribution >= 0.6 is 0 Å². The van der Waals surface area contributed by atoms with Gasteiger partial charge in [0.2, 0.25) is 0 Å². The lowest BCUT2D eigenvalue weighted by molar-refractivity contribution is 0.0512. The summed E-state index contributed by atoms with van der Waals surface area (Å²) in [4.78, 5) is 39.9. The zero-order valence-corrected chi connectivity index (χ0v) is 5.88. The van der Waals surface area contributed by atoms with Crippen molar-refractivity contribution in [1.29, 1.82) is 0 Å². The molecule has 0 radical (unpaired) electrons. The van der Waals surface area contributed by atoms with Gasteiger partial charge in [-0.1, -0.05) is 0 Å². The van der Waals surface area contributed by atoms with Gasteiger partial charge in [-0.15, -0.1) is 0 Å². The van der Waals surface area contributed by atoms with Crippen molar-refractivity contribution in [1.82, 2.24) is 0 Å². The molecule has 0 aliphatic carbocycles. The Labute approximate surface area is 70.0 Å². The van der Waals surface area contributed by atoms with Crippen LogP contribution in [0.25, 0.3) is 0 Å². The van der Waals surface area contributed by atoms with Crippen molar-refractivity contribution in [3.8, 4) is 0 Å². The Morgan fingerprint density at radius 3 is 1.77 bits per heavy atom. The minimum Gasteiger partial charge on any atom is -0.449 e. The second kappa shape index (κ2) is 4.54. The molecule has 0 aromatic carbocycles. The van der Waals surface area contributed by atoms with Crippen LogP contribution in [0.3, 0.4) is 0 Å². The van der Waals surface area contributed by atoms with Crippen LogP contribution in [-0.4, -0.2) is 29.7 Å². The van der Waals surface area contributed by atoms with Gasteiger partial charge in [-0.2, -0.15) is 0 Å². The number of carboxylic acid groups (broad SMARTS) is 1. The standard InChI is InChI=1S/C4H3NO8/c5-1(6)11-3(9)13-4(10)12-2(7)8/h(H2,5,6)(H,7,8). The van der Waals surface area contributed by atoms with Crippen molar-refractivity contribution in [2.24, 2.45) is 5.73 Å². The van der Waals surface area contributed by atoms with Crippen molar-refractivity contribution >= 4 is 24.6 Å². The number of carbonyl (C=O) groups is 4. The molecule has 0 bridgehead atoms. The Balaban J connectivity index is 3.85. The van der Waals surface area contributed by atoms with Crippen molar-refractivity contribution in [2.75, 3.05) is 0 Å². The maximum absolute atomic E-state index is 10.2. The minimum absolute atomic E-state index is 1.51. The molecule has 0 heterocycles. The van der Waals surface area contributed by atoms with E-state index in [-0.39, 0.29) is 0 Å². The summed E-state index contributed by atoms with van der Waals surface area (Å²) >= 11 is 0. The van der Waals surface area contributed by atoms with E-state index >= 15 is 0 Å². The molecule has 0 aliphatic rings. The van der Waals surface area contributed by atoms with Gasteiger partial charge in [0, 0.05) is 0 Å². The second-order valence-corrected chi connectivity index (χ2v) is 1.39. The number of rotatable bonds is 0. The van der Waals surface area contributed by atoms with Crippen molar-refractivity contribution in [3.05, 3.63) is 0 Å². The molecular formula is C4H3NO8. The molecule has 0 saturated heterocycles. The molecule has 0 fully saturated rings. The lowest BCUT2D eigenvalue weighted by Gasteiger charge is -1.98.